The Balaban J connectivity index is 1.23. The van der Waals surface area contributed by atoms with Crippen LogP contribution in [0.15, 0.2) is 76.9 Å². The summed E-state index contributed by atoms with van der Waals surface area (Å²) in [5, 5.41) is 5.34. The third-order valence-electron chi connectivity index (χ3n) is 7.66. The largest absolute Gasteiger partial charge is 0.342 e. The molecule has 1 aromatic heterocycles. The molecule has 1 saturated heterocycles. The number of rotatable bonds is 7. The summed E-state index contributed by atoms with van der Waals surface area (Å²) in [5.74, 6) is -0.467. The van der Waals surface area contributed by atoms with E-state index in [1.807, 2.05) is 45.0 Å². The maximum atomic E-state index is 13.4. The van der Waals surface area contributed by atoms with Crippen LogP contribution in [0.1, 0.15) is 46.2 Å². The standard InChI is InChI=1S/C32H36N4O3S/c1-22-8-7-9-26(18-22)20-35-21-28(29-10-5-6-11-30(29)35)19-33-34-32(37)27-12-14-36(15-13-27)40(38,39)31-24(3)16-23(2)17-25(31)4/h5-11,16-19,21,27H,12-15,20H2,1-4H3,(H,34,37)/b33-19+. The first-order chi connectivity index (χ1) is 19.1. The molecule has 5 rings (SSSR count). The van der Waals surface area contributed by atoms with Crippen molar-refractivity contribution in [2.75, 3.05) is 13.1 Å². The minimum Gasteiger partial charge on any atom is -0.342 e. The summed E-state index contributed by atoms with van der Waals surface area (Å²) >= 11 is 0. The van der Waals surface area contributed by atoms with Crippen LogP contribution in [-0.4, -0.2) is 42.5 Å². The van der Waals surface area contributed by atoms with E-state index in [9.17, 15) is 13.2 Å². The fraction of sp³-hybridized carbons (Fsp3) is 0.312. The molecule has 1 fully saturated rings. The summed E-state index contributed by atoms with van der Waals surface area (Å²) in [6.07, 6.45) is 4.66. The van der Waals surface area contributed by atoms with Gasteiger partial charge < -0.3 is 4.57 Å². The molecule has 208 valence electrons. The van der Waals surface area contributed by atoms with Crippen LogP contribution >= 0.6 is 0 Å². The van der Waals surface area contributed by atoms with E-state index >= 15 is 0 Å². The molecule has 40 heavy (non-hydrogen) atoms. The molecule has 0 spiro atoms. The first kappa shape index (κ1) is 27.8. The molecule has 0 bridgehead atoms. The SMILES string of the molecule is Cc1cccc(Cn2cc(/C=N/NC(=O)C3CCN(S(=O)(=O)c4c(C)cc(C)cc4C)CC3)c3ccccc32)c1. The third-order valence-corrected chi connectivity index (χ3v) is 9.87. The second-order valence-electron chi connectivity index (χ2n) is 10.9. The summed E-state index contributed by atoms with van der Waals surface area (Å²) in [5.41, 5.74) is 9.72. The van der Waals surface area contributed by atoms with Crippen molar-refractivity contribution in [3.8, 4) is 0 Å². The van der Waals surface area contributed by atoms with Gasteiger partial charge >= 0.3 is 0 Å². The fourth-order valence-corrected chi connectivity index (χ4v) is 7.72. The van der Waals surface area contributed by atoms with E-state index in [0.29, 0.717) is 30.8 Å². The molecule has 8 heteroatoms. The minimum atomic E-state index is -3.62. The number of piperidine rings is 1. The second kappa shape index (κ2) is 11.4. The lowest BCUT2D eigenvalue weighted by Gasteiger charge is -2.31. The Bertz CT molecular complexity index is 1670. The molecule has 1 amide bonds. The lowest BCUT2D eigenvalue weighted by Crippen LogP contribution is -2.42. The van der Waals surface area contributed by atoms with Gasteiger partial charge in [0, 0.05) is 48.2 Å². The van der Waals surface area contributed by atoms with Crippen LogP contribution in [0.5, 0.6) is 0 Å². The highest BCUT2D eigenvalue weighted by Crippen LogP contribution is 2.29. The Morgan fingerprint density at radius 2 is 1.65 bits per heavy atom. The maximum Gasteiger partial charge on any atom is 0.243 e. The van der Waals surface area contributed by atoms with Crippen molar-refractivity contribution >= 4 is 33.0 Å². The highest BCUT2D eigenvalue weighted by atomic mass is 32.2. The number of hydrazone groups is 1. The zero-order chi connectivity index (χ0) is 28.4. The average Bonchev–Trinajstić information content (AvgIpc) is 3.25. The first-order valence-electron chi connectivity index (χ1n) is 13.7. The van der Waals surface area contributed by atoms with Gasteiger partial charge in [-0.3, -0.25) is 4.79 Å². The molecule has 1 aliphatic rings. The zero-order valence-corrected chi connectivity index (χ0v) is 24.3. The molecule has 1 N–H and O–H groups in total. The van der Waals surface area contributed by atoms with Crippen LogP contribution in [-0.2, 0) is 21.4 Å². The number of nitrogens with one attached hydrogen (secondary N) is 1. The molecule has 3 aromatic carbocycles. The van der Waals surface area contributed by atoms with Gasteiger partial charge in [-0.15, -0.1) is 0 Å². The van der Waals surface area contributed by atoms with E-state index in [1.165, 1.54) is 15.4 Å². The number of hydrogen-bond acceptors (Lipinski definition) is 4. The molecule has 1 aliphatic heterocycles. The van der Waals surface area contributed by atoms with Crippen molar-refractivity contribution in [3.05, 3.63) is 100 Å². The van der Waals surface area contributed by atoms with Crippen LogP contribution in [0.25, 0.3) is 10.9 Å². The molecule has 4 aromatic rings. The van der Waals surface area contributed by atoms with Gasteiger partial charge in [0.25, 0.3) is 0 Å². The average molecular weight is 557 g/mol. The van der Waals surface area contributed by atoms with E-state index in [2.05, 4.69) is 64.6 Å². The van der Waals surface area contributed by atoms with Crippen LogP contribution in [0, 0.1) is 33.6 Å². The molecule has 7 nitrogen and oxygen atoms in total. The molecule has 0 atom stereocenters. The van der Waals surface area contributed by atoms with Crippen LogP contribution in [0.3, 0.4) is 0 Å². The highest BCUT2D eigenvalue weighted by Gasteiger charge is 2.33. The smallest absolute Gasteiger partial charge is 0.243 e. The zero-order valence-electron chi connectivity index (χ0n) is 23.5. The number of fused-ring (bicyclic) bond motifs is 1. The molecule has 0 aliphatic carbocycles. The quantitative estimate of drug-likeness (QED) is 0.242. The molecule has 0 unspecified atom stereocenters. The van der Waals surface area contributed by atoms with Crippen LogP contribution in [0.2, 0.25) is 0 Å². The van der Waals surface area contributed by atoms with Gasteiger partial charge in [0.05, 0.1) is 11.1 Å². The van der Waals surface area contributed by atoms with Gasteiger partial charge in [-0.05, 0) is 63.3 Å². The van der Waals surface area contributed by atoms with E-state index in [0.717, 1.165) is 39.7 Å². The number of para-hydroxylation sites is 1. The Labute approximate surface area is 236 Å². The summed E-state index contributed by atoms with van der Waals surface area (Å²) in [6, 6.07) is 20.4. The van der Waals surface area contributed by atoms with Gasteiger partial charge in [0.2, 0.25) is 15.9 Å². The van der Waals surface area contributed by atoms with E-state index in [1.54, 1.807) is 6.21 Å². The Hall–Kier alpha value is -3.75. The number of carbonyl (C=O) groups excluding carboxylic acids is 1. The number of benzene rings is 3. The van der Waals surface area contributed by atoms with E-state index < -0.39 is 10.0 Å². The summed E-state index contributed by atoms with van der Waals surface area (Å²) in [7, 11) is -3.62. The lowest BCUT2D eigenvalue weighted by molar-refractivity contribution is -0.126. The normalized spacial score (nSPS) is 15.2. The number of carbonyl (C=O) groups is 1. The number of sulfonamides is 1. The number of aromatic nitrogens is 1. The number of nitrogens with zero attached hydrogens (tertiary/aromatic N) is 3. The highest BCUT2D eigenvalue weighted by molar-refractivity contribution is 7.89. The van der Waals surface area contributed by atoms with Gasteiger partial charge in [-0.25, -0.2) is 13.8 Å². The summed E-state index contributed by atoms with van der Waals surface area (Å²) in [6.45, 7) is 9.09. The minimum absolute atomic E-state index is 0.181. The second-order valence-corrected chi connectivity index (χ2v) is 12.7. The van der Waals surface area contributed by atoms with Crippen molar-refractivity contribution in [2.45, 2.75) is 52.0 Å². The van der Waals surface area contributed by atoms with Crippen molar-refractivity contribution in [3.63, 3.8) is 0 Å². The van der Waals surface area contributed by atoms with E-state index in [-0.39, 0.29) is 11.8 Å². The predicted molar refractivity (Wildman–Crippen MR) is 160 cm³/mol. The van der Waals surface area contributed by atoms with Gasteiger partial charge in [-0.1, -0.05) is 65.7 Å². The number of hydrogen-bond donors (Lipinski definition) is 1. The molecule has 0 radical (unpaired) electrons. The summed E-state index contributed by atoms with van der Waals surface area (Å²) in [4.78, 5) is 13.3. The Morgan fingerprint density at radius 3 is 2.35 bits per heavy atom. The molecule has 2 heterocycles. The topological polar surface area (TPSA) is 83.8 Å². The van der Waals surface area contributed by atoms with Crippen molar-refractivity contribution < 1.29 is 13.2 Å². The fourth-order valence-electron chi connectivity index (χ4n) is 5.83. The molecule has 0 saturated carbocycles. The van der Waals surface area contributed by atoms with Gasteiger partial charge in [0.15, 0.2) is 0 Å². The lowest BCUT2D eigenvalue weighted by atomic mass is 9.98. The first-order valence-corrected chi connectivity index (χ1v) is 15.1. The van der Waals surface area contributed by atoms with Crippen LogP contribution in [0.4, 0.5) is 0 Å². The summed E-state index contributed by atoms with van der Waals surface area (Å²) < 4.78 is 30.5. The number of aryl methyl sites for hydroxylation is 4. The Kier molecular flexibility index (Phi) is 7.92. The predicted octanol–water partition coefficient (Wildman–Crippen LogP) is 5.47. The monoisotopic (exact) mass is 556 g/mol. The van der Waals surface area contributed by atoms with Crippen LogP contribution < -0.4 is 5.43 Å². The number of amides is 1. The van der Waals surface area contributed by atoms with Crippen molar-refractivity contribution in [1.29, 1.82) is 0 Å². The van der Waals surface area contributed by atoms with Crippen molar-refractivity contribution in [2.24, 2.45) is 11.0 Å². The van der Waals surface area contributed by atoms with E-state index in [4.69, 9.17) is 0 Å². The van der Waals surface area contributed by atoms with Crippen molar-refractivity contribution in [1.82, 2.24) is 14.3 Å². The van der Waals surface area contributed by atoms with Gasteiger partial charge in [-0.2, -0.15) is 9.41 Å². The third kappa shape index (κ3) is 5.74. The van der Waals surface area contributed by atoms with Gasteiger partial charge in [0.1, 0.15) is 0 Å². The molecular weight excluding hydrogens is 520 g/mol. The maximum absolute atomic E-state index is 13.4. The molecular formula is C32H36N4O3S. The Morgan fingerprint density at radius 1 is 0.950 bits per heavy atom.